The van der Waals surface area contributed by atoms with Gasteiger partial charge in [-0.1, -0.05) is 91.0 Å². The van der Waals surface area contributed by atoms with Gasteiger partial charge in [0.2, 0.25) is 0 Å². The molecule has 0 unspecified atom stereocenters. The van der Waals surface area contributed by atoms with Crippen molar-refractivity contribution in [1.82, 2.24) is 14.5 Å². The molecule has 0 saturated carbocycles. The van der Waals surface area contributed by atoms with E-state index in [2.05, 4.69) is 113 Å². The van der Waals surface area contributed by atoms with Crippen molar-refractivity contribution in [3.63, 3.8) is 0 Å². The Morgan fingerprint density at radius 1 is 0.531 bits per heavy atom. The first kappa shape index (κ1) is 18.5. The molecule has 0 aliphatic heterocycles. The highest BCUT2D eigenvalue weighted by Crippen LogP contribution is 2.45. The Morgan fingerprint density at radius 2 is 1.09 bits per heavy atom. The second kappa shape index (κ2) is 7.47. The van der Waals surface area contributed by atoms with Crippen LogP contribution in [-0.2, 0) is 5.54 Å². The van der Waals surface area contributed by atoms with Gasteiger partial charge in [-0.05, 0) is 34.9 Å². The van der Waals surface area contributed by atoms with Crippen LogP contribution in [0.4, 0.5) is 0 Å². The summed E-state index contributed by atoms with van der Waals surface area (Å²) in [6.45, 7) is 0. The van der Waals surface area contributed by atoms with Crippen LogP contribution < -0.4 is 0 Å². The molecule has 0 bridgehead atoms. The maximum atomic E-state index is 4.90. The molecule has 0 aliphatic rings. The highest BCUT2D eigenvalue weighted by atomic mass is 15.1. The fourth-order valence-electron chi connectivity index (χ4n) is 4.95. The lowest BCUT2D eigenvalue weighted by molar-refractivity contribution is 0.546. The molecule has 3 heteroatoms. The van der Waals surface area contributed by atoms with Gasteiger partial charge in [-0.25, -0.2) is 4.98 Å². The molecule has 6 rings (SSSR count). The first-order chi connectivity index (χ1) is 15.9. The molecule has 32 heavy (non-hydrogen) atoms. The Balaban J connectivity index is 1.89. The first-order valence-electron chi connectivity index (χ1n) is 10.8. The Kier molecular flexibility index (Phi) is 4.32. The van der Waals surface area contributed by atoms with Crippen molar-refractivity contribution in [1.29, 1.82) is 0 Å². The van der Waals surface area contributed by atoms with E-state index in [1.807, 2.05) is 24.7 Å². The number of fused-ring (bicyclic) bond motifs is 3. The van der Waals surface area contributed by atoms with E-state index < -0.39 is 5.54 Å². The summed E-state index contributed by atoms with van der Waals surface area (Å²) in [7, 11) is 0. The molecule has 0 aliphatic carbocycles. The van der Waals surface area contributed by atoms with Crippen LogP contribution in [-0.4, -0.2) is 14.5 Å². The average Bonchev–Trinajstić information content (AvgIpc) is 3.22. The number of nitrogens with zero attached hydrogens (tertiary/aromatic N) is 3. The second-order valence-corrected chi connectivity index (χ2v) is 7.91. The molecule has 0 radical (unpaired) electrons. The highest BCUT2D eigenvalue weighted by Gasteiger charge is 2.40. The Bertz CT molecular complexity index is 1350. The van der Waals surface area contributed by atoms with Crippen molar-refractivity contribution in [3.8, 4) is 0 Å². The van der Waals surface area contributed by atoms with Crippen LogP contribution in [0.15, 0.2) is 128 Å². The molecule has 0 amide bonds. The largest absolute Gasteiger partial charge is 0.307 e. The van der Waals surface area contributed by atoms with Gasteiger partial charge in [-0.3, -0.25) is 4.98 Å². The molecular formula is C29H21N3. The highest BCUT2D eigenvalue weighted by molar-refractivity contribution is 6.06. The predicted molar refractivity (Wildman–Crippen MR) is 130 cm³/mol. The van der Waals surface area contributed by atoms with E-state index in [9.17, 15) is 0 Å². The van der Waals surface area contributed by atoms with Crippen molar-refractivity contribution in [3.05, 3.63) is 144 Å². The first-order valence-corrected chi connectivity index (χ1v) is 10.8. The van der Waals surface area contributed by atoms with Crippen molar-refractivity contribution in [2.45, 2.75) is 5.54 Å². The van der Waals surface area contributed by atoms with E-state index in [1.165, 1.54) is 16.7 Å². The maximum absolute atomic E-state index is 4.90. The number of rotatable bonds is 4. The normalized spacial score (nSPS) is 11.8. The van der Waals surface area contributed by atoms with Crippen molar-refractivity contribution >= 4 is 21.9 Å². The quantitative estimate of drug-likeness (QED) is 0.313. The van der Waals surface area contributed by atoms with Gasteiger partial charge in [-0.2, -0.15) is 0 Å². The van der Waals surface area contributed by atoms with Gasteiger partial charge in [0.25, 0.3) is 0 Å². The summed E-state index contributed by atoms with van der Waals surface area (Å²) >= 11 is 0. The van der Waals surface area contributed by atoms with Gasteiger partial charge >= 0.3 is 0 Å². The average molecular weight is 412 g/mol. The number of aromatic nitrogens is 3. The molecule has 0 atom stereocenters. The van der Waals surface area contributed by atoms with E-state index in [4.69, 9.17) is 4.98 Å². The zero-order valence-electron chi connectivity index (χ0n) is 17.5. The Labute approximate surface area is 186 Å². The van der Waals surface area contributed by atoms with Gasteiger partial charge in [0.05, 0.1) is 5.52 Å². The van der Waals surface area contributed by atoms with Crippen LogP contribution >= 0.6 is 0 Å². The zero-order valence-corrected chi connectivity index (χ0v) is 17.5. The van der Waals surface area contributed by atoms with Gasteiger partial charge in [0.15, 0.2) is 0 Å². The van der Waals surface area contributed by atoms with Gasteiger partial charge in [0.1, 0.15) is 11.2 Å². The maximum Gasteiger partial charge on any atom is 0.142 e. The third kappa shape index (κ3) is 2.61. The van der Waals surface area contributed by atoms with Gasteiger partial charge in [-0.15, -0.1) is 0 Å². The molecular weight excluding hydrogens is 390 g/mol. The van der Waals surface area contributed by atoms with Crippen molar-refractivity contribution in [2.75, 3.05) is 0 Å². The summed E-state index contributed by atoms with van der Waals surface area (Å²) < 4.78 is 2.39. The SMILES string of the molecule is c1ccc(C(c2ccccc2)(c2ccccc2)n2c3ccncc3c3cccnc32)cc1. The molecule has 3 heterocycles. The number of hydrogen-bond acceptors (Lipinski definition) is 2. The fraction of sp³-hybridized carbons (Fsp3) is 0.0345. The molecule has 6 aromatic rings. The minimum absolute atomic E-state index is 0.612. The zero-order chi connectivity index (χ0) is 21.4. The molecule has 0 spiro atoms. The van der Waals surface area contributed by atoms with Crippen LogP contribution in [0.2, 0.25) is 0 Å². The lowest BCUT2D eigenvalue weighted by atomic mass is 9.76. The molecule has 0 saturated heterocycles. The van der Waals surface area contributed by atoms with E-state index in [1.54, 1.807) is 0 Å². The van der Waals surface area contributed by atoms with Gasteiger partial charge < -0.3 is 4.57 Å². The monoisotopic (exact) mass is 411 g/mol. The third-order valence-electron chi connectivity index (χ3n) is 6.24. The number of pyridine rings is 2. The minimum atomic E-state index is -0.612. The van der Waals surface area contributed by atoms with Crippen molar-refractivity contribution < 1.29 is 0 Å². The van der Waals surface area contributed by atoms with E-state index in [-0.39, 0.29) is 0 Å². The summed E-state index contributed by atoms with van der Waals surface area (Å²) in [4.78, 5) is 9.33. The van der Waals surface area contributed by atoms with Crippen LogP contribution in [0.3, 0.4) is 0 Å². The summed E-state index contributed by atoms with van der Waals surface area (Å²) in [5.41, 5.74) is 4.97. The summed E-state index contributed by atoms with van der Waals surface area (Å²) in [6, 6.07) is 38.3. The Morgan fingerprint density at radius 3 is 1.66 bits per heavy atom. The molecule has 3 nitrogen and oxygen atoms in total. The van der Waals surface area contributed by atoms with Crippen LogP contribution in [0.1, 0.15) is 16.7 Å². The van der Waals surface area contributed by atoms with Gasteiger partial charge in [0, 0.05) is 29.4 Å². The van der Waals surface area contributed by atoms with Crippen molar-refractivity contribution in [2.24, 2.45) is 0 Å². The lowest BCUT2D eigenvalue weighted by Gasteiger charge is -2.38. The van der Waals surface area contributed by atoms with Crippen LogP contribution in [0.25, 0.3) is 21.9 Å². The standard InChI is InChI=1S/C29H21N3/c1-4-11-22(12-5-1)29(23-13-6-2-7-14-23,24-15-8-3-9-16-24)32-27-18-20-30-21-26(27)25-17-10-19-31-28(25)32/h1-21H. The molecule has 152 valence electrons. The number of hydrogen-bond donors (Lipinski definition) is 0. The third-order valence-corrected chi connectivity index (χ3v) is 6.24. The molecule has 3 aromatic heterocycles. The topological polar surface area (TPSA) is 30.7 Å². The van der Waals surface area contributed by atoms with Crippen LogP contribution in [0.5, 0.6) is 0 Å². The van der Waals surface area contributed by atoms with E-state index in [0.29, 0.717) is 0 Å². The predicted octanol–water partition coefficient (Wildman–Crippen LogP) is 6.42. The van der Waals surface area contributed by atoms with Crippen LogP contribution in [0, 0.1) is 0 Å². The van der Waals surface area contributed by atoms with E-state index >= 15 is 0 Å². The lowest BCUT2D eigenvalue weighted by Crippen LogP contribution is -2.37. The second-order valence-electron chi connectivity index (χ2n) is 7.91. The summed E-state index contributed by atoms with van der Waals surface area (Å²) in [5.74, 6) is 0. The smallest absolute Gasteiger partial charge is 0.142 e. The molecule has 0 N–H and O–H groups in total. The molecule has 0 fully saturated rings. The Hall–Kier alpha value is -4.24. The number of benzene rings is 3. The minimum Gasteiger partial charge on any atom is -0.307 e. The fourth-order valence-corrected chi connectivity index (χ4v) is 4.95. The summed E-state index contributed by atoms with van der Waals surface area (Å²) in [6.07, 6.45) is 5.68. The molecule has 3 aromatic carbocycles. The van der Waals surface area contributed by atoms with E-state index in [0.717, 1.165) is 21.9 Å². The summed E-state index contributed by atoms with van der Waals surface area (Å²) in [5, 5.41) is 2.20.